The fraction of sp³-hybridized carbons (Fsp3) is 0.571. The van der Waals surface area contributed by atoms with Crippen molar-refractivity contribution in [1.82, 2.24) is 0 Å². The lowest BCUT2D eigenvalue weighted by atomic mass is 9.84. The molecule has 1 saturated carbocycles. The summed E-state index contributed by atoms with van der Waals surface area (Å²) in [6, 6.07) is 5.21. The summed E-state index contributed by atoms with van der Waals surface area (Å²) in [5, 5.41) is 14.3. The third kappa shape index (κ3) is 3.19. The zero-order chi connectivity index (χ0) is 14.5. The highest BCUT2D eigenvalue weighted by atomic mass is 16.6. The van der Waals surface area contributed by atoms with Crippen molar-refractivity contribution >= 4 is 11.4 Å². The fourth-order valence-electron chi connectivity index (χ4n) is 2.81. The third-order valence-corrected chi connectivity index (χ3v) is 3.94. The number of nitrogens with two attached hydrogens (primary N) is 1. The molecular formula is C14H21N3O3. The monoisotopic (exact) mass is 279 g/mol. The van der Waals surface area contributed by atoms with Gasteiger partial charge in [-0.05, 0) is 31.4 Å². The van der Waals surface area contributed by atoms with E-state index in [0.717, 1.165) is 18.5 Å². The van der Waals surface area contributed by atoms with Gasteiger partial charge in [-0.1, -0.05) is 12.8 Å². The normalized spacial score (nSPS) is 22.3. The second-order valence-electron chi connectivity index (χ2n) is 5.17. The fourth-order valence-corrected chi connectivity index (χ4v) is 2.81. The van der Waals surface area contributed by atoms with E-state index in [4.69, 9.17) is 10.5 Å². The Balaban J connectivity index is 2.14. The van der Waals surface area contributed by atoms with Crippen molar-refractivity contribution in [2.75, 3.05) is 19.0 Å². The lowest BCUT2D eigenvalue weighted by molar-refractivity contribution is -0.385. The van der Waals surface area contributed by atoms with Crippen LogP contribution in [-0.2, 0) is 0 Å². The van der Waals surface area contributed by atoms with Crippen LogP contribution in [0.3, 0.4) is 0 Å². The Morgan fingerprint density at radius 2 is 2.20 bits per heavy atom. The van der Waals surface area contributed by atoms with Crippen LogP contribution in [-0.4, -0.2) is 24.6 Å². The summed E-state index contributed by atoms with van der Waals surface area (Å²) in [5.41, 5.74) is 6.64. The minimum absolute atomic E-state index is 0.0166. The lowest BCUT2D eigenvalue weighted by Crippen LogP contribution is -2.36. The van der Waals surface area contributed by atoms with Crippen molar-refractivity contribution in [2.24, 2.45) is 11.7 Å². The van der Waals surface area contributed by atoms with E-state index >= 15 is 0 Å². The maximum absolute atomic E-state index is 10.9. The van der Waals surface area contributed by atoms with Crippen LogP contribution >= 0.6 is 0 Å². The molecule has 1 aliphatic carbocycles. The summed E-state index contributed by atoms with van der Waals surface area (Å²) in [7, 11) is 1.44. The van der Waals surface area contributed by atoms with E-state index in [1.807, 2.05) is 0 Å². The minimum atomic E-state index is -0.439. The molecule has 20 heavy (non-hydrogen) atoms. The smallest absolute Gasteiger partial charge is 0.311 e. The lowest BCUT2D eigenvalue weighted by Gasteiger charge is -2.32. The number of hydrogen-bond acceptors (Lipinski definition) is 5. The summed E-state index contributed by atoms with van der Waals surface area (Å²) in [4.78, 5) is 10.4. The molecule has 1 aliphatic rings. The van der Waals surface area contributed by atoms with Gasteiger partial charge in [0.05, 0.1) is 12.0 Å². The van der Waals surface area contributed by atoms with Crippen molar-refractivity contribution in [2.45, 2.75) is 31.7 Å². The maximum atomic E-state index is 10.9. The van der Waals surface area contributed by atoms with Crippen LogP contribution in [0.2, 0.25) is 0 Å². The number of anilines is 1. The average Bonchev–Trinajstić information content (AvgIpc) is 2.47. The van der Waals surface area contributed by atoms with Crippen LogP contribution in [0.1, 0.15) is 25.7 Å². The Bertz CT molecular complexity index is 479. The summed E-state index contributed by atoms with van der Waals surface area (Å²) < 4.78 is 5.08. The quantitative estimate of drug-likeness (QED) is 0.638. The van der Waals surface area contributed by atoms with Gasteiger partial charge in [-0.2, -0.15) is 0 Å². The van der Waals surface area contributed by atoms with Gasteiger partial charge in [0.1, 0.15) is 0 Å². The number of methoxy groups -OCH3 is 1. The number of ether oxygens (including phenoxy) is 1. The Morgan fingerprint density at radius 1 is 1.45 bits per heavy atom. The molecule has 2 rings (SSSR count). The first-order valence-corrected chi connectivity index (χ1v) is 6.94. The number of rotatable bonds is 5. The van der Waals surface area contributed by atoms with Crippen molar-refractivity contribution < 1.29 is 9.66 Å². The molecule has 6 nitrogen and oxygen atoms in total. The van der Waals surface area contributed by atoms with Gasteiger partial charge in [-0.25, -0.2) is 0 Å². The molecule has 3 N–H and O–H groups in total. The molecule has 0 radical (unpaired) electrons. The van der Waals surface area contributed by atoms with Crippen molar-refractivity contribution in [3.05, 3.63) is 28.3 Å². The second-order valence-corrected chi connectivity index (χ2v) is 5.17. The summed E-state index contributed by atoms with van der Waals surface area (Å²) in [6.45, 7) is 0.668. The molecule has 1 aromatic rings. The molecule has 0 saturated heterocycles. The Kier molecular flexibility index (Phi) is 4.79. The molecule has 2 atom stereocenters. The van der Waals surface area contributed by atoms with E-state index in [9.17, 15) is 10.1 Å². The van der Waals surface area contributed by atoms with Crippen LogP contribution in [0.4, 0.5) is 11.4 Å². The molecule has 2 unspecified atom stereocenters. The molecule has 0 aliphatic heterocycles. The van der Waals surface area contributed by atoms with Crippen LogP contribution in [0.25, 0.3) is 0 Å². The Hall–Kier alpha value is -1.82. The van der Waals surface area contributed by atoms with E-state index < -0.39 is 4.92 Å². The number of benzene rings is 1. The van der Waals surface area contributed by atoms with E-state index in [-0.39, 0.29) is 11.4 Å². The zero-order valence-corrected chi connectivity index (χ0v) is 11.7. The molecule has 0 amide bonds. The predicted molar refractivity (Wildman–Crippen MR) is 78.1 cm³/mol. The van der Waals surface area contributed by atoms with Crippen molar-refractivity contribution in [3.63, 3.8) is 0 Å². The van der Waals surface area contributed by atoms with Crippen LogP contribution in [0, 0.1) is 16.0 Å². The third-order valence-electron chi connectivity index (χ3n) is 3.94. The molecule has 0 bridgehead atoms. The first-order valence-electron chi connectivity index (χ1n) is 6.94. The van der Waals surface area contributed by atoms with Crippen molar-refractivity contribution in [3.8, 4) is 5.75 Å². The van der Waals surface area contributed by atoms with Crippen molar-refractivity contribution in [1.29, 1.82) is 0 Å². The van der Waals surface area contributed by atoms with Gasteiger partial charge in [0.2, 0.25) is 0 Å². The van der Waals surface area contributed by atoms with Gasteiger partial charge in [-0.3, -0.25) is 10.1 Å². The number of nitro benzene ring substituents is 1. The number of hydrogen-bond donors (Lipinski definition) is 2. The Labute approximate surface area is 118 Å². The zero-order valence-electron chi connectivity index (χ0n) is 11.7. The molecule has 0 heterocycles. The Morgan fingerprint density at radius 3 is 2.85 bits per heavy atom. The van der Waals surface area contributed by atoms with E-state index in [1.54, 1.807) is 12.1 Å². The van der Waals surface area contributed by atoms with Crippen LogP contribution in [0.5, 0.6) is 5.75 Å². The maximum Gasteiger partial charge on any atom is 0.311 e. The summed E-state index contributed by atoms with van der Waals surface area (Å²) >= 11 is 0. The van der Waals surface area contributed by atoms with Crippen LogP contribution in [0.15, 0.2) is 18.2 Å². The van der Waals surface area contributed by atoms with Crippen LogP contribution < -0.4 is 15.8 Å². The largest absolute Gasteiger partial charge is 0.490 e. The standard InChI is InChI=1S/C14H21N3O3/c1-20-14-8-11(6-7-13(14)17(18)19)16-12-5-3-2-4-10(12)9-15/h6-8,10,12,16H,2-5,9,15H2,1H3. The first kappa shape index (κ1) is 14.6. The number of nitrogens with one attached hydrogen (secondary N) is 1. The van der Waals surface area contributed by atoms with Gasteiger partial charge in [0, 0.05) is 23.9 Å². The number of nitrogens with zero attached hydrogens (tertiary/aromatic N) is 1. The molecule has 1 fully saturated rings. The van der Waals surface area contributed by atoms with Gasteiger partial charge >= 0.3 is 5.69 Å². The van der Waals surface area contributed by atoms with Gasteiger partial charge in [0.15, 0.2) is 5.75 Å². The molecule has 0 spiro atoms. The van der Waals surface area contributed by atoms with Gasteiger partial charge in [0.25, 0.3) is 0 Å². The highest BCUT2D eigenvalue weighted by Crippen LogP contribution is 2.32. The summed E-state index contributed by atoms with van der Waals surface area (Å²) in [6.07, 6.45) is 4.64. The molecule has 110 valence electrons. The van der Waals surface area contributed by atoms with E-state index in [0.29, 0.717) is 18.5 Å². The van der Waals surface area contributed by atoms with E-state index in [1.165, 1.54) is 26.0 Å². The molecule has 1 aromatic carbocycles. The first-order chi connectivity index (χ1) is 9.65. The highest BCUT2D eigenvalue weighted by Gasteiger charge is 2.24. The van der Waals surface area contributed by atoms with E-state index in [2.05, 4.69) is 5.32 Å². The average molecular weight is 279 g/mol. The minimum Gasteiger partial charge on any atom is -0.490 e. The molecule has 0 aromatic heterocycles. The topological polar surface area (TPSA) is 90.4 Å². The summed E-state index contributed by atoms with van der Waals surface area (Å²) in [5.74, 6) is 0.741. The predicted octanol–water partition coefficient (Wildman–Crippen LogP) is 2.53. The molecule has 6 heteroatoms. The second kappa shape index (κ2) is 6.56. The SMILES string of the molecule is COc1cc(NC2CCCCC2CN)ccc1[N+](=O)[O-]. The van der Waals surface area contributed by atoms with Gasteiger partial charge in [-0.15, -0.1) is 0 Å². The highest BCUT2D eigenvalue weighted by molar-refractivity contribution is 5.58. The van der Waals surface area contributed by atoms with Gasteiger partial charge < -0.3 is 15.8 Å². The number of nitro groups is 1. The molecular weight excluding hydrogens is 258 g/mol.